The van der Waals surface area contributed by atoms with Gasteiger partial charge in [-0.1, -0.05) is 48.5 Å². The van der Waals surface area contributed by atoms with Crippen LogP contribution in [0.25, 0.3) is 0 Å². The number of carbonyl (C=O) groups excluding carboxylic acids is 2. The summed E-state index contributed by atoms with van der Waals surface area (Å²) >= 11 is 0. The van der Waals surface area contributed by atoms with E-state index in [2.05, 4.69) is 10.6 Å². The van der Waals surface area contributed by atoms with Crippen LogP contribution in [0.3, 0.4) is 0 Å². The highest BCUT2D eigenvalue weighted by atomic mass is 32.2. The van der Waals surface area contributed by atoms with Gasteiger partial charge in [-0.15, -0.1) is 0 Å². The Hall–Kier alpha value is -3.65. The van der Waals surface area contributed by atoms with Crippen LogP contribution in [-0.4, -0.2) is 44.4 Å². The molecule has 3 aromatic carbocycles. The maximum absolute atomic E-state index is 13.0. The molecule has 7 nitrogen and oxygen atoms in total. The molecular weight excluding hydrogens is 450 g/mol. The molecule has 34 heavy (non-hydrogen) atoms. The summed E-state index contributed by atoms with van der Waals surface area (Å²) in [5, 5.41) is 5.77. The molecule has 2 N–H and O–H groups in total. The van der Waals surface area contributed by atoms with E-state index in [0.717, 1.165) is 5.69 Å². The third kappa shape index (κ3) is 6.02. The third-order valence-electron chi connectivity index (χ3n) is 5.78. The number of anilines is 1. The molecule has 0 aliphatic carbocycles. The van der Waals surface area contributed by atoms with Crippen LogP contribution >= 0.6 is 0 Å². The molecule has 0 spiro atoms. The van der Waals surface area contributed by atoms with Gasteiger partial charge in [-0.25, -0.2) is 13.2 Å². The lowest BCUT2D eigenvalue weighted by molar-refractivity contribution is 0.0708. The van der Waals surface area contributed by atoms with Crippen molar-refractivity contribution in [2.24, 2.45) is 0 Å². The van der Waals surface area contributed by atoms with E-state index in [-0.39, 0.29) is 28.6 Å². The Bertz CT molecular complexity index is 1240. The van der Waals surface area contributed by atoms with Gasteiger partial charge >= 0.3 is 6.03 Å². The highest BCUT2D eigenvalue weighted by molar-refractivity contribution is 7.90. The van der Waals surface area contributed by atoms with E-state index < -0.39 is 9.84 Å². The minimum absolute atomic E-state index is 0.0184. The SMILES string of the molecule is O=C(Nc1ccccc1)NC1CCN(C(=O)c2cccc(CS(=O)(=O)c3ccccc3)c2)CC1. The zero-order chi connectivity index (χ0) is 24.0. The topological polar surface area (TPSA) is 95.6 Å². The minimum atomic E-state index is -3.49. The zero-order valence-corrected chi connectivity index (χ0v) is 19.5. The lowest BCUT2D eigenvalue weighted by Gasteiger charge is -2.32. The predicted octanol–water partition coefficient (Wildman–Crippen LogP) is 4.09. The highest BCUT2D eigenvalue weighted by Gasteiger charge is 2.25. The van der Waals surface area contributed by atoms with Gasteiger partial charge in [0.2, 0.25) is 0 Å². The number of likely N-dealkylation sites (tertiary alicyclic amines) is 1. The van der Waals surface area contributed by atoms with E-state index in [1.165, 1.54) is 0 Å². The normalized spacial score (nSPS) is 14.4. The number of para-hydroxylation sites is 1. The summed E-state index contributed by atoms with van der Waals surface area (Å²) in [5.41, 5.74) is 1.76. The van der Waals surface area contributed by atoms with Crippen LogP contribution in [0.1, 0.15) is 28.8 Å². The molecule has 3 aromatic rings. The lowest BCUT2D eigenvalue weighted by Crippen LogP contribution is -2.47. The average molecular weight is 478 g/mol. The van der Waals surface area contributed by atoms with Gasteiger partial charge in [-0.2, -0.15) is 0 Å². The summed E-state index contributed by atoms with van der Waals surface area (Å²) in [5.74, 6) is -0.299. The second kappa shape index (κ2) is 10.5. The van der Waals surface area contributed by atoms with Crippen molar-refractivity contribution < 1.29 is 18.0 Å². The quantitative estimate of drug-likeness (QED) is 0.559. The lowest BCUT2D eigenvalue weighted by atomic mass is 10.0. The number of sulfone groups is 1. The van der Waals surface area contributed by atoms with E-state index in [1.807, 2.05) is 30.3 Å². The first-order chi connectivity index (χ1) is 16.4. The molecule has 1 saturated heterocycles. The van der Waals surface area contributed by atoms with Crippen molar-refractivity contribution in [2.75, 3.05) is 18.4 Å². The number of nitrogens with zero attached hydrogens (tertiary/aromatic N) is 1. The van der Waals surface area contributed by atoms with Crippen molar-refractivity contribution in [1.82, 2.24) is 10.2 Å². The van der Waals surface area contributed by atoms with E-state index in [1.54, 1.807) is 59.5 Å². The number of rotatable bonds is 6. The first kappa shape index (κ1) is 23.5. The molecule has 1 aliphatic heterocycles. The van der Waals surface area contributed by atoms with Crippen LogP contribution in [0.2, 0.25) is 0 Å². The average Bonchev–Trinajstić information content (AvgIpc) is 2.85. The number of piperidine rings is 1. The van der Waals surface area contributed by atoms with Gasteiger partial charge in [0.05, 0.1) is 10.6 Å². The van der Waals surface area contributed by atoms with Gasteiger partial charge < -0.3 is 15.5 Å². The Balaban J connectivity index is 1.32. The summed E-state index contributed by atoms with van der Waals surface area (Å²) in [7, 11) is -3.49. The molecular formula is C26H27N3O4S. The standard InChI is InChI=1S/C26H27N3O4S/c30-25(21-9-7-8-20(18-21)19-34(32,33)24-12-5-2-6-13-24)29-16-14-23(15-17-29)28-26(31)27-22-10-3-1-4-11-22/h1-13,18,23H,14-17,19H2,(H2,27,28,31). The van der Waals surface area contributed by atoms with Crippen LogP contribution in [0, 0.1) is 0 Å². The van der Waals surface area contributed by atoms with Crippen LogP contribution in [0.4, 0.5) is 10.5 Å². The number of hydrogen-bond donors (Lipinski definition) is 2. The zero-order valence-electron chi connectivity index (χ0n) is 18.7. The van der Waals surface area contributed by atoms with Crippen molar-refractivity contribution >= 4 is 27.5 Å². The molecule has 4 rings (SSSR count). The van der Waals surface area contributed by atoms with E-state index in [4.69, 9.17) is 0 Å². The molecule has 0 bridgehead atoms. The fraction of sp³-hybridized carbons (Fsp3) is 0.231. The van der Waals surface area contributed by atoms with E-state index in [9.17, 15) is 18.0 Å². The Morgan fingerprint density at radius 2 is 1.50 bits per heavy atom. The maximum Gasteiger partial charge on any atom is 0.319 e. The molecule has 3 amide bonds. The predicted molar refractivity (Wildman–Crippen MR) is 131 cm³/mol. The molecule has 1 heterocycles. The molecule has 0 unspecified atom stereocenters. The van der Waals surface area contributed by atoms with Gasteiger partial charge in [-0.3, -0.25) is 4.79 Å². The first-order valence-electron chi connectivity index (χ1n) is 11.2. The monoisotopic (exact) mass is 477 g/mol. The van der Waals surface area contributed by atoms with Crippen molar-refractivity contribution in [1.29, 1.82) is 0 Å². The van der Waals surface area contributed by atoms with Gasteiger partial charge in [0, 0.05) is 30.4 Å². The Kier molecular flexibility index (Phi) is 7.27. The van der Waals surface area contributed by atoms with Crippen LogP contribution in [0.15, 0.2) is 89.8 Å². The number of hydrogen-bond acceptors (Lipinski definition) is 4. The van der Waals surface area contributed by atoms with Crippen LogP contribution in [-0.2, 0) is 15.6 Å². The molecule has 8 heteroatoms. The van der Waals surface area contributed by atoms with Crippen molar-refractivity contribution in [3.05, 3.63) is 96.1 Å². The smallest absolute Gasteiger partial charge is 0.319 e. The van der Waals surface area contributed by atoms with Crippen molar-refractivity contribution in [2.45, 2.75) is 29.5 Å². The summed E-state index contributed by atoms with van der Waals surface area (Å²) in [6, 6.07) is 24.0. The van der Waals surface area contributed by atoms with Crippen molar-refractivity contribution in [3.8, 4) is 0 Å². The second-order valence-electron chi connectivity index (χ2n) is 8.30. The number of urea groups is 1. The van der Waals surface area contributed by atoms with Crippen LogP contribution < -0.4 is 10.6 Å². The number of amides is 3. The van der Waals surface area contributed by atoms with Gasteiger partial charge in [0.25, 0.3) is 5.91 Å². The molecule has 0 saturated carbocycles. The number of benzene rings is 3. The first-order valence-corrected chi connectivity index (χ1v) is 12.8. The van der Waals surface area contributed by atoms with E-state index >= 15 is 0 Å². The number of nitrogens with one attached hydrogen (secondary N) is 2. The maximum atomic E-state index is 13.0. The highest BCUT2D eigenvalue weighted by Crippen LogP contribution is 2.19. The fourth-order valence-corrected chi connectivity index (χ4v) is 5.37. The largest absolute Gasteiger partial charge is 0.338 e. The van der Waals surface area contributed by atoms with Gasteiger partial charge in [0.1, 0.15) is 0 Å². The molecule has 1 aliphatic rings. The summed E-state index contributed by atoms with van der Waals surface area (Å²) in [4.78, 5) is 27.3. The summed E-state index contributed by atoms with van der Waals surface area (Å²) in [6.07, 6.45) is 1.30. The molecule has 0 radical (unpaired) electrons. The summed E-state index contributed by atoms with van der Waals surface area (Å²) < 4.78 is 25.4. The Morgan fingerprint density at radius 3 is 2.18 bits per heavy atom. The molecule has 0 aromatic heterocycles. The molecule has 1 fully saturated rings. The Labute approximate surface area is 199 Å². The number of carbonyl (C=O) groups is 2. The molecule has 0 atom stereocenters. The summed E-state index contributed by atoms with van der Waals surface area (Å²) in [6.45, 7) is 1.03. The van der Waals surface area contributed by atoms with Crippen molar-refractivity contribution in [3.63, 3.8) is 0 Å². The minimum Gasteiger partial charge on any atom is -0.338 e. The third-order valence-corrected chi connectivity index (χ3v) is 7.49. The fourth-order valence-electron chi connectivity index (χ4n) is 4.01. The Morgan fingerprint density at radius 1 is 0.853 bits per heavy atom. The van der Waals surface area contributed by atoms with Gasteiger partial charge in [0.15, 0.2) is 9.84 Å². The second-order valence-corrected chi connectivity index (χ2v) is 10.3. The molecule has 176 valence electrons. The van der Waals surface area contributed by atoms with Crippen LogP contribution in [0.5, 0.6) is 0 Å². The van der Waals surface area contributed by atoms with Gasteiger partial charge in [-0.05, 0) is 54.8 Å². The van der Waals surface area contributed by atoms with E-state index in [0.29, 0.717) is 37.1 Å².